The molecule has 1 fully saturated rings. The third-order valence-electron chi connectivity index (χ3n) is 2.02. The van der Waals surface area contributed by atoms with Crippen LogP contribution in [0.3, 0.4) is 0 Å². The molecule has 1 aromatic rings. The van der Waals surface area contributed by atoms with Crippen LogP contribution >= 0.6 is 11.8 Å². The minimum absolute atomic E-state index is 0.0385. The third-order valence-corrected chi connectivity index (χ3v) is 2.83. The summed E-state index contributed by atoms with van der Waals surface area (Å²) in [5.74, 6) is 0.0434. The SMILES string of the molecule is CC(=O)OCc1ccc(/C=C2\SC(=O)NC2=O)o1. The molecular formula is C11H9NO5S. The lowest BCUT2D eigenvalue weighted by Gasteiger charge is -1.96. The van der Waals surface area contributed by atoms with Crippen molar-refractivity contribution in [3.63, 3.8) is 0 Å². The first-order chi connectivity index (χ1) is 8.54. The van der Waals surface area contributed by atoms with Crippen molar-refractivity contribution in [2.45, 2.75) is 13.5 Å². The number of furan rings is 1. The van der Waals surface area contributed by atoms with Gasteiger partial charge in [-0.2, -0.15) is 0 Å². The zero-order chi connectivity index (χ0) is 13.1. The molecule has 0 spiro atoms. The highest BCUT2D eigenvalue weighted by atomic mass is 32.2. The number of rotatable bonds is 3. The number of hydrogen-bond donors (Lipinski definition) is 1. The summed E-state index contributed by atoms with van der Waals surface area (Å²) >= 11 is 0.812. The quantitative estimate of drug-likeness (QED) is 0.662. The number of imide groups is 1. The van der Waals surface area contributed by atoms with Crippen LogP contribution in [0, 0.1) is 0 Å². The molecule has 2 amide bonds. The molecule has 7 heteroatoms. The fourth-order valence-electron chi connectivity index (χ4n) is 1.27. The number of nitrogens with one attached hydrogen (secondary N) is 1. The van der Waals surface area contributed by atoms with Crippen LogP contribution in [0.5, 0.6) is 0 Å². The Hall–Kier alpha value is -2.02. The van der Waals surface area contributed by atoms with E-state index in [0.717, 1.165) is 11.8 Å². The predicted molar refractivity (Wildman–Crippen MR) is 63.3 cm³/mol. The summed E-state index contributed by atoms with van der Waals surface area (Å²) in [6, 6.07) is 3.26. The van der Waals surface area contributed by atoms with E-state index in [1.54, 1.807) is 12.1 Å². The lowest BCUT2D eigenvalue weighted by atomic mass is 10.4. The molecular weight excluding hydrogens is 258 g/mol. The lowest BCUT2D eigenvalue weighted by molar-refractivity contribution is -0.142. The Balaban J connectivity index is 2.06. The number of amides is 2. The maximum Gasteiger partial charge on any atom is 0.303 e. The Kier molecular flexibility index (Phi) is 3.52. The smallest absolute Gasteiger partial charge is 0.303 e. The molecule has 2 rings (SSSR count). The molecule has 0 aliphatic carbocycles. The fourth-order valence-corrected chi connectivity index (χ4v) is 1.93. The van der Waals surface area contributed by atoms with E-state index in [1.807, 2.05) is 0 Å². The molecule has 0 saturated carbocycles. The van der Waals surface area contributed by atoms with E-state index in [2.05, 4.69) is 5.32 Å². The molecule has 1 saturated heterocycles. The third kappa shape index (κ3) is 3.01. The van der Waals surface area contributed by atoms with Gasteiger partial charge in [0.15, 0.2) is 0 Å². The molecule has 1 aliphatic rings. The summed E-state index contributed by atoms with van der Waals surface area (Å²) in [7, 11) is 0. The number of esters is 1. The minimum Gasteiger partial charge on any atom is -0.458 e. The second-order valence-electron chi connectivity index (χ2n) is 3.44. The maximum absolute atomic E-state index is 11.3. The number of carbonyl (C=O) groups is 3. The first-order valence-corrected chi connectivity index (χ1v) is 5.83. The van der Waals surface area contributed by atoms with Crippen LogP contribution in [-0.2, 0) is 20.9 Å². The van der Waals surface area contributed by atoms with Gasteiger partial charge in [-0.3, -0.25) is 19.7 Å². The average Bonchev–Trinajstić information content (AvgIpc) is 2.84. The van der Waals surface area contributed by atoms with Crippen LogP contribution in [0.4, 0.5) is 4.79 Å². The number of thioether (sulfide) groups is 1. The van der Waals surface area contributed by atoms with Gasteiger partial charge in [0.1, 0.15) is 18.1 Å². The molecule has 1 aromatic heterocycles. The average molecular weight is 267 g/mol. The molecule has 6 nitrogen and oxygen atoms in total. The van der Waals surface area contributed by atoms with E-state index in [4.69, 9.17) is 9.15 Å². The monoisotopic (exact) mass is 267 g/mol. The van der Waals surface area contributed by atoms with E-state index in [9.17, 15) is 14.4 Å². The molecule has 0 bridgehead atoms. The van der Waals surface area contributed by atoms with Gasteiger partial charge in [-0.1, -0.05) is 0 Å². The van der Waals surface area contributed by atoms with E-state index >= 15 is 0 Å². The van der Waals surface area contributed by atoms with E-state index in [1.165, 1.54) is 13.0 Å². The predicted octanol–water partition coefficient (Wildman–Crippen LogP) is 1.67. The summed E-state index contributed by atoms with van der Waals surface area (Å²) in [5, 5.41) is 1.74. The zero-order valence-electron chi connectivity index (χ0n) is 9.39. The van der Waals surface area contributed by atoms with Crippen molar-refractivity contribution in [1.82, 2.24) is 5.32 Å². The topological polar surface area (TPSA) is 85.6 Å². The zero-order valence-corrected chi connectivity index (χ0v) is 10.2. The highest BCUT2D eigenvalue weighted by Crippen LogP contribution is 2.26. The van der Waals surface area contributed by atoms with E-state index in [0.29, 0.717) is 11.5 Å². The molecule has 2 heterocycles. The molecule has 1 N–H and O–H groups in total. The Bertz CT molecular complexity index is 545. The van der Waals surface area contributed by atoms with Crippen LogP contribution in [0.1, 0.15) is 18.4 Å². The summed E-state index contributed by atoms with van der Waals surface area (Å²) in [4.78, 5) is 33.1. The van der Waals surface area contributed by atoms with Crippen LogP contribution in [0.2, 0.25) is 0 Å². The van der Waals surface area contributed by atoms with Gasteiger partial charge in [-0.15, -0.1) is 0 Å². The highest BCUT2D eigenvalue weighted by molar-refractivity contribution is 8.18. The van der Waals surface area contributed by atoms with Gasteiger partial charge >= 0.3 is 5.97 Å². The second kappa shape index (κ2) is 5.09. The van der Waals surface area contributed by atoms with Crippen molar-refractivity contribution in [3.05, 3.63) is 28.6 Å². The summed E-state index contributed by atoms with van der Waals surface area (Å²) in [6.45, 7) is 1.34. The Morgan fingerprint density at radius 3 is 2.89 bits per heavy atom. The van der Waals surface area contributed by atoms with Gasteiger partial charge in [0.05, 0.1) is 4.91 Å². The normalized spacial score (nSPS) is 17.1. The second-order valence-corrected chi connectivity index (χ2v) is 4.45. The molecule has 0 atom stereocenters. The van der Waals surface area contributed by atoms with Crippen molar-refractivity contribution >= 4 is 35.0 Å². The molecule has 0 radical (unpaired) electrons. The number of carbonyl (C=O) groups excluding carboxylic acids is 3. The van der Waals surface area contributed by atoms with Crippen LogP contribution in [0.25, 0.3) is 6.08 Å². The summed E-state index contributed by atoms with van der Waals surface area (Å²) in [6.07, 6.45) is 1.46. The first kappa shape index (κ1) is 12.4. The molecule has 0 unspecified atom stereocenters. The maximum atomic E-state index is 11.3. The summed E-state index contributed by atoms with van der Waals surface area (Å²) < 4.78 is 10.1. The highest BCUT2D eigenvalue weighted by Gasteiger charge is 2.25. The molecule has 1 aliphatic heterocycles. The first-order valence-electron chi connectivity index (χ1n) is 5.01. The van der Waals surface area contributed by atoms with Crippen molar-refractivity contribution in [2.75, 3.05) is 0 Å². The van der Waals surface area contributed by atoms with Crippen molar-refractivity contribution in [1.29, 1.82) is 0 Å². The Morgan fingerprint density at radius 2 is 2.28 bits per heavy atom. The van der Waals surface area contributed by atoms with Gasteiger partial charge < -0.3 is 9.15 Å². The van der Waals surface area contributed by atoms with Crippen LogP contribution < -0.4 is 5.32 Å². The standard InChI is InChI=1S/C11H9NO5S/c1-6(13)16-5-8-3-2-7(17-8)4-9-10(14)12-11(15)18-9/h2-4H,5H2,1H3,(H,12,14,15)/b9-4-. The summed E-state index contributed by atoms with van der Waals surface area (Å²) in [5.41, 5.74) is 0. The minimum atomic E-state index is -0.442. The molecule has 0 aromatic carbocycles. The van der Waals surface area contributed by atoms with Gasteiger partial charge in [-0.25, -0.2) is 0 Å². The largest absolute Gasteiger partial charge is 0.458 e. The molecule has 94 valence electrons. The van der Waals surface area contributed by atoms with Gasteiger partial charge in [-0.05, 0) is 23.9 Å². The fraction of sp³-hybridized carbons (Fsp3) is 0.182. The van der Waals surface area contributed by atoms with Crippen LogP contribution in [-0.4, -0.2) is 17.1 Å². The van der Waals surface area contributed by atoms with Gasteiger partial charge in [0.25, 0.3) is 11.1 Å². The van der Waals surface area contributed by atoms with Crippen molar-refractivity contribution < 1.29 is 23.5 Å². The van der Waals surface area contributed by atoms with E-state index < -0.39 is 17.1 Å². The number of hydrogen-bond acceptors (Lipinski definition) is 6. The van der Waals surface area contributed by atoms with Crippen LogP contribution in [0.15, 0.2) is 21.5 Å². The number of ether oxygens (including phenoxy) is 1. The van der Waals surface area contributed by atoms with E-state index in [-0.39, 0.29) is 11.5 Å². The van der Waals surface area contributed by atoms with Gasteiger partial charge in [0, 0.05) is 13.0 Å². The lowest BCUT2D eigenvalue weighted by Crippen LogP contribution is -2.17. The molecule has 18 heavy (non-hydrogen) atoms. The Morgan fingerprint density at radius 1 is 1.50 bits per heavy atom. The van der Waals surface area contributed by atoms with Crippen molar-refractivity contribution in [3.8, 4) is 0 Å². The van der Waals surface area contributed by atoms with Crippen molar-refractivity contribution in [2.24, 2.45) is 0 Å². The Labute approximate surface area is 106 Å². The van der Waals surface area contributed by atoms with Gasteiger partial charge in [0.2, 0.25) is 0 Å².